The number of nitrogens with two attached hydrogens (primary N) is 1. The monoisotopic (exact) mass is 287 g/mol. The maximum absolute atomic E-state index is 6.26. The number of aromatic nitrogens is 2. The molecule has 1 aromatic carbocycles. The molecule has 0 fully saturated rings. The molecule has 2 N–H and O–H groups in total. The standard InChI is InChI=1S/C17H25N3O/c1-3-4-13-21-15-7-5-14(6-8-15)16(18)9-10-17-19-11-12-20(17)2/h5-8,11-12,16H,3-4,9-10,13,18H2,1-2H3. The maximum Gasteiger partial charge on any atom is 0.119 e. The summed E-state index contributed by atoms with van der Waals surface area (Å²) in [4.78, 5) is 4.32. The SMILES string of the molecule is CCCCOc1ccc(C(N)CCc2nccn2C)cc1. The summed E-state index contributed by atoms with van der Waals surface area (Å²) in [6.45, 7) is 2.94. The molecule has 0 saturated heterocycles. The second-order valence-electron chi connectivity index (χ2n) is 5.37. The van der Waals surface area contributed by atoms with E-state index in [-0.39, 0.29) is 6.04 Å². The van der Waals surface area contributed by atoms with Crippen molar-refractivity contribution in [1.29, 1.82) is 0 Å². The van der Waals surface area contributed by atoms with E-state index in [0.717, 1.165) is 49.4 Å². The fourth-order valence-corrected chi connectivity index (χ4v) is 2.23. The highest BCUT2D eigenvalue weighted by atomic mass is 16.5. The van der Waals surface area contributed by atoms with E-state index in [9.17, 15) is 0 Å². The fourth-order valence-electron chi connectivity index (χ4n) is 2.23. The predicted molar refractivity (Wildman–Crippen MR) is 85.3 cm³/mol. The van der Waals surface area contributed by atoms with Crippen LogP contribution in [0, 0.1) is 0 Å². The molecule has 0 aliphatic carbocycles. The molecule has 0 aliphatic rings. The molecule has 0 bridgehead atoms. The summed E-state index contributed by atoms with van der Waals surface area (Å²) < 4.78 is 7.70. The molecule has 1 aromatic heterocycles. The van der Waals surface area contributed by atoms with Gasteiger partial charge in [-0.1, -0.05) is 25.5 Å². The Balaban J connectivity index is 1.84. The number of aryl methyl sites for hydroxylation is 2. The molecule has 4 heteroatoms. The Labute approximate surface area is 127 Å². The van der Waals surface area contributed by atoms with Gasteiger partial charge in [0, 0.05) is 31.9 Å². The van der Waals surface area contributed by atoms with Crippen LogP contribution in [0.4, 0.5) is 0 Å². The van der Waals surface area contributed by atoms with Crippen LogP contribution in [0.3, 0.4) is 0 Å². The lowest BCUT2D eigenvalue weighted by atomic mass is 10.0. The molecule has 2 rings (SSSR count). The molecule has 1 heterocycles. The lowest BCUT2D eigenvalue weighted by molar-refractivity contribution is 0.309. The third kappa shape index (κ3) is 4.60. The Bertz CT molecular complexity index is 533. The van der Waals surface area contributed by atoms with E-state index in [0.29, 0.717) is 0 Å². The van der Waals surface area contributed by atoms with E-state index < -0.39 is 0 Å². The van der Waals surface area contributed by atoms with Crippen molar-refractivity contribution in [2.75, 3.05) is 6.61 Å². The summed E-state index contributed by atoms with van der Waals surface area (Å²) in [6.07, 6.45) is 7.80. The van der Waals surface area contributed by atoms with Crippen molar-refractivity contribution in [2.24, 2.45) is 12.8 Å². The molecular weight excluding hydrogens is 262 g/mol. The van der Waals surface area contributed by atoms with Crippen LogP contribution >= 0.6 is 0 Å². The Morgan fingerprint density at radius 3 is 2.67 bits per heavy atom. The van der Waals surface area contributed by atoms with Gasteiger partial charge in [-0.05, 0) is 30.5 Å². The molecule has 0 amide bonds. The predicted octanol–water partition coefficient (Wildman–Crippen LogP) is 3.23. The summed E-state index contributed by atoms with van der Waals surface area (Å²) in [6, 6.07) is 8.16. The highest BCUT2D eigenvalue weighted by Crippen LogP contribution is 2.20. The normalized spacial score (nSPS) is 12.3. The molecular formula is C17H25N3O. The first-order chi connectivity index (χ1) is 10.2. The minimum atomic E-state index is 0.0337. The van der Waals surface area contributed by atoms with Crippen LogP contribution in [-0.2, 0) is 13.5 Å². The van der Waals surface area contributed by atoms with Crippen molar-refractivity contribution in [3.05, 3.63) is 48.0 Å². The zero-order chi connectivity index (χ0) is 15.1. The number of rotatable bonds is 8. The van der Waals surface area contributed by atoms with Gasteiger partial charge in [0.15, 0.2) is 0 Å². The van der Waals surface area contributed by atoms with Gasteiger partial charge < -0.3 is 15.0 Å². The summed E-state index contributed by atoms with van der Waals surface area (Å²) in [5, 5.41) is 0. The minimum Gasteiger partial charge on any atom is -0.494 e. The number of unbranched alkanes of at least 4 members (excludes halogenated alkanes) is 1. The lowest BCUT2D eigenvalue weighted by Crippen LogP contribution is -2.12. The highest BCUT2D eigenvalue weighted by molar-refractivity contribution is 5.29. The molecule has 0 aliphatic heterocycles. The van der Waals surface area contributed by atoms with Crippen LogP contribution in [0.5, 0.6) is 5.75 Å². The summed E-state index contributed by atoms with van der Waals surface area (Å²) >= 11 is 0. The molecule has 2 aromatic rings. The fraction of sp³-hybridized carbons (Fsp3) is 0.471. The van der Waals surface area contributed by atoms with Crippen LogP contribution in [-0.4, -0.2) is 16.2 Å². The molecule has 1 atom stereocenters. The number of ether oxygens (including phenoxy) is 1. The van der Waals surface area contributed by atoms with Gasteiger partial charge in [0.2, 0.25) is 0 Å². The van der Waals surface area contributed by atoms with E-state index in [1.54, 1.807) is 0 Å². The van der Waals surface area contributed by atoms with Crippen molar-refractivity contribution in [1.82, 2.24) is 9.55 Å². The quantitative estimate of drug-likeness (QED) is 0.758. The zero-order valence-corrected chi connectivity index (χ0v) is 13.0. The minimum absolute atomic E-state index is 0.0337. The van der Waals surface area contributed by atoms with E-state index in [1.165, 1.54) is 0 Å². The van der Waals surface area contributed by atoms with E-state index >= 15 is 0 Å². The van der Waals surface area contributed by atoms with Crippen LogP contribution in [0.25, 0.3) is 0 Å². The molecule has 1 unspecified atom stereocenters. The van der Waals surface area contributed by atoms with Gasteiger partial charge in [-0.3, -0.25) is 0 Å². The number of hydrogen-bond donors (Lipinski definition) is 1. The molecule has 0 saturated carbocycles. The van der Waals surface area contributed by atoms with Crippen LogP contribution in [0.15, 0.2) is 36.7 Å². The largest absolute Gasteiger partial charge is 0.494 e. The summed E-state index contributed by atoms with van der Waals surface area (Å²) in [7, 11) is 2.01. The summed E-state index contributed by atoms with van der Waals surface area (Å²) in [5.41, 5.74) is 7.40. The number of nitrogens with zero attached hydrogens (tertiary/aromatic N) is 2. The first-order valence-electron chi connectivity index (χ1n) is 7.65. The first-order valence-corrected chi connectivity index (χ1v) is 7.65. The van der Waals surface area contributed by atoms with Gasteiger partial charge in [0.05, 0.1) is 6.61 Å². The smallest absolute Gasteiger partial charge is 0.119 e. The molecule has 21 heavy (non-hydrogen) atoms. The maximum atomic E-state index is 6.26. The topological polar surface area (TPSA) is 53.1 Å². The van der Waals surface area contributed by atoms with E-state index in [2.05, 4.69) is 24.0 Å². The van der Waals surface area contributed by atoms with Gasteiger partial charge in [0.25, 0.3) is 0 Å². The second kappa shape index (κ2) is 7.84. The van der Waals surface area contributed by atoms with Crippen LogP contribution in [0.1, 0.15) is 43.6 Å². The highest BCUT2D eigenvalue weighted by Gasteiger charge is 2.08. The number of hydrogen-bond acceptors (Lipinski definition) is 3. The van der Waals surface area contributed by atoms with E-state index in [1.807, 2.05) is 36.1 Å². The first kappa shape index (κ1) is 15.6. The van der Waals surface area contributed by atoms with Gasteiger partial charge >= 0.3 is 0 Å². The van der Waals surface area contributed by atoms with Crippen molar-refractivity contribution in [2.45, 2.75) is 38.6 Å². The van der Waals surface area contributed by atoms with Crippen molar-refractivity contribution in [3.8, 4) is 5.75 Å². The average molecular weight is 287 g/mol. The summed E-state index contributed by atoms with van der Waals surface area (Å²) in [5.74, 6) is 1.99. The Morgan fingerprint density at radius 2 is 2.05 bits per heavy atom. The van der Waals surface area contributed by atoms with Crippen molar-refractivity contribution >= 4 is 0 Å². The third-order valence-corrected chi connectivity index (χ3v) is 3.67. The van der Waals surface area contributed by atoms with Gasteiger partial charge in [-0.25, -0.2) is 4.98 Å². The van der Waals surface area contributed by atoms with Gasteiger partial charge in [-0.2, -0.15) is 0 Å². The lowest BCUT2D eigenvalue weighted by Gasteiger charge is -2.13. The number of benzene rings is 1. The molecule has 0 radical (unpaired) electrons. The second-order valence-corrected chi connectivity index (χ2v) is 5.37. The Kier molecular flexibility index (Phi) is 5.81. The van der Waals surface area contributed by atoms with Gasteiger partial charge in [0.1, 0.15) is 11.6 Å². The zero-order valence-electron chi connectivity index (χ0n) is 13.0. The average Bonchev–Trinajstić information content (AvgIpc) is 2.91. The third-order valence-electron chi connectivity index (χ3n) is 3.67. The molecule has 0 spiro atoms. The van der Waals surface area contributed by atoms with Crippen LogP contribution in [0.2, 0.25) is 0 Å². The van der Waals surface area contributed by atoms with Crippen molar-refractivity contribution in [3.63, 3.8) is 0 Å². The van der Waals surface area contributed by atoms with Gasteiger partial charge in [-0.15, -0.1) is 0 Å². The van der Waals surface area contributed by atoms with Crippen molar-refractivity contribution < 1.29 is 4.74 Å². The number of imidazole rings is 1. The Hall–Kier alpha value is -1.81. The van der Waals surface area contributed by atoms with Crippen LogP contribution < -0.4 is 10.5 Å². The Morgan fingerprint density at radius 1 is 1.29 bits per heavy atom. The molecule has 4 nitrogen and oxygen atoms in total. The molecule has 114 valence electrons. The van der Waals surface area contributed by atoms with E-state index in [4.69, 9.17) is 10.5 Å².